The molecule has 1 aromatic heterocycles. The number of aryl methyl sites for hydroxylation is 1. The summed E-state index contributed by atoms with van der Waals surface area (Å²) in [6.45, 7) is 9.91. The van der Waals surface area contributed by atoms with Gasteiger partial charge in [0, 0.05) is 24.7 Å². The SMILES string of the molecule is C=CCN(CC=C)S(=O)(=O)c1ccc(C(=O)Nc2cc(C)nn2Cc2ccccc2)cc1. The zero-order valence-corrected chi connectivity index (χ0v) is 18.8. The van der Waals surface area contributed by atoms with E-state index in [1.807, 2.05) is 37.3 Å². The predicted octanol–water partition coefficient (Wildman–Crippen LogP) is 3.85. The summed E-state index contributed by atoms with van der Waals surface area (Å²) in [4.78, 5) is 12.9. The number of carbonyl (C=O) groups is 1. The molecule has 166 valence electrons. The van der Waals surface area contributed by atoms with Gasteiger partial charge in [0.1, 0.15) is 5.82 Å². The van der Waals surface area contributed by atoms with Gasteiger partial charge in [-0.1, -0.05) is 42.5 Å². The molecular weight excluding hydrogens is 424 g/mol. The quantitative estimate of drug-likeness (QED) is 0.476. The standard InChI is InChI=1S/C24H26N4O3S/c1-4-15-27(16-5-2)32(30,31)22-13-11-21(12-14-22)24(29)25-23-17-19(3)26-28(23)18-20-9-7-6-8-10-20/h4-14,17H,1-2,15-16,18H2,3H3,(H,25,29). The molecule has 0 radical (unpaired) electrons. The molecule has 1 amide bonds. The Balaban J connectivity index is 1.77. The third-order valence-electron chi connectivity index (χ3n) is 4.74. The van der Waals surface area contributed by atoms with Gasteiger partial charge in [-0.15, -0.1) is 13.2 Å². The van der Waals surface area contributed by atoms with E-state index < -0.39 is 10.0 Å². The minimum Gasteiger partial charge on any atom is -0.307 e. The van der Waals surface area contributed by atoms with Crippen LogP contribution in [-0.4, -0.2) is 41.5 Å². The lowest BCUT2D eigenvalue weighted by atomic mass is 10.2. The van der Waals surface area contributed by atoms with Crippen molar-refractivity contribution in [3.8, 4) is 0 Å². The summed E-state index contributed by atoms with van der Waals surface area (Å²) >= 11 is 0. The fourth-order valence-electron chi connectivity index (χ4n) is 3.20. The number of nitrogens with zero attached hydrogens (tertiary/aromatic N) is 3. The number of anilines is 1. The van der Waals surface area contributed by atoms with Crippen LogP contribution in [0.4, 0.5) is 5.82 Å². The fraction of sp³-hybridized carbons (Fsp3) is 0.167. The molecular formula is C24H26N4O3S. The maximum absolute atomic E-state index is 12.8. The molecule has 0 aliphatic heterocycles. The molecule has 0 unspecified atom stereocenters. The van der Waals surface area contributed by atoms with Gasteiger partial charge in [-0.3, -0.25) is 4.79 Å². The molecule has 0 aliphatic carbocycles. The Morgan fingerprint density at radius 2 is 1.69 bits per heavy atom. The first-order valence-electron chi connectivity index (χ1n) is 10.1. The second-order valence-corrected chi connectivity index (χ2v) is 9.13. The second-order valence-electron chi connectivity index (χ2n) is 7.19. The van der Waals surface area contributed by atoms with Crippen molar-refractivity contribution in [2.24, 2.45) is 0 Å². The van der Waals surface area contributed by atoms with Gasteiger partial charge in [-0.2, -0.15) is 9.40 Å². The van der Waals surface area contributed by atoms with Crippen LogP contribution >= 0.6 is 0 Å². The summed E-state index contributed by atoms with van der Waals surface area (Å²) < 4.78 is 28.6. The van der Waals surface area contributed by atoms with Crippen LogP contribution in [0.1, 0.15) is 21.6 Å². The average Bonchev–Trinajstić information content (AvgIpc) is 3.12. The largest absolute Gasteiger partial charge is 0.307 e. The molecule has 1 N–H and O–H groups in total. The highest BCUT2D eigenvalue weighted by Gasteiger charge is 2.22. The highest BCUT2D eigenvalue weighted by Crippen LogP contribution is 2.18. The molecule has 0 aliphatic rings. The van der Waals surface area contributed by atoms with E-state index in [0.29, 0.717) is 17.9 Å². The van der Waals surface area contributed by atoms with E-state index in [9.17, 15) is 13.2 Å². The first-order valence-corrected chi connectivity index (χ1v) is 11.5. The summed E-state index contributed by atoms with van der Waals surface area (Å²) in [5, 5.41) is 7.32. The first-order chi connectivity index (χ1) is 15.3. The molecule has 2 aromatic carbocycles. The van der Waals surface area contributed by atoms with Crippen molar-refractivity contribution in [3.05, 3.63) is 103 Å². The normalized spacial score (nSPS) is 11.3. The van der Waals surface area contributed by atoms with Crippen LogP contribution in [0.2, 0.25) is 0 Å². The van der Waals surface area contributed by atoms with E-state index in [1.165, 1.54) is 40.7 Å². The fourth-order valence-corrected chi connectivity index (χ4v) is 4.58. The number of carbonyl (C=O) groups excluding carboxylic acids is 1. The molecule has 0 atom stereocenters. The lowest BCUT2D eigenvalue weighted by Crippen LogP contribution is -2.31. The Bertz CT molecular complexity index is 1190. The van der Waals surface area contributed by atoms with Crippen LogP contribution in [0.15, 0.2) is 90.9 Å². The molecule has 32 heavy (non-hydrogen) atoms. The summed E-state index contributed by atoms with van der Waals surface area (Å²) in [7, 11) is -3.72. The maximum Gasteiger partial charge on any atom is 0.256 e. The topological polar surface area (TPSA) is 84.3 Å². The Kier molecular flexibility index (Phi) is 7.40. The molecule has 0 saturated carbocycles. The third kappa shape index (κ3) is 5.40. The van der Waals surface area contributed by atoms with Crippen molar-refractivity contribution in [2.75, 3.05) is 18.4 Å². The highest BCUT2D eigenvalue weighted by molar-refractivity contribution is 7.89. The number of benzene rings is 2. The van der Waals surface area contributed by atoms with Gasteiger partial charge in [0.2, 0.25) is 10.0 Å². The van der Waals surface area contributed by atoms with Crippen molar-refractivity contribution in [2.45, 2.75) is 18.4 Å². The maximum atomic E-state index is 12.8. The molecule has 8 heteroatoms. The molecule has 0 bridgehead atoms. The zero-order chi connectivity index (χ0) is 23.1. The van der Waals surface area contributed by atoms with Gasteiger partial charge in [-0.25, -0.2) is 13.1 Å². The van der Waals surface area contributed by atoms with Gasteiger partial charge < -0.3 is 5.32 Å². The van der Waals surface area contributed by atoms with Crippen molar-refractivity contribution < 1.29 is 13.2 Å². The van der Waals surface area contributed by atoms with Crippen LogP contribution in [0.5, 0.6) is 0 Å². The Labute approximate surface area is 188 Å². The summed E-state index contributed by atoms with van der Waals surface area (Å²) in [5.74, 6) is 0.216. The predicted molar refractivity (Wildman–Crippen MR) is 126 cm³/mol. The number of sulfonamides is 1. The van der Waals surface area contributed by atoms with Crippen LogP contribution in [-0.2, 0) is 16.6 Å². The van der Waals surface area contributed by atoms with E-state index in [2.05, 4.69) is 23.6 Å². The highest BCUT2D eigenvalue weighted by atomic mass is 32.2. The molecule has 3 rings (SSSR count). The summed E-state index contributed by atoms with van der Waals surface area (Å²) in [6, 6.07) is 17.5. The Morgan fingerprint density at radius 1 is 1.06 bits per heavy atom. The molecule has 1 heterocycles. The van der Waals surface area contributed by atoms with Gasteiger partial charge in [0.05, 0.1) is 17.1 Å². The van der Waals surface area contributed by atoms with Gasteiger partial charge in [-0.05, 0) is 36.8 Å². The zero-order valence-electron chi connectivity index (χ0n) is 17.9. The number of hydrogen-bond donors (Lipinski definition) is 1. The van der Waals surface area contributed by atoms with E-state index >= 15 is 0 Å². The van der Waals surface area contributed by atoms with Gasteiger partial charge >= 0.3 is 0 Å². The van der Waals surface area contributed by atoms with Crippen molar-refractivity contribution in [1.29, 1.82) is 0 Å². The minimum absolute atomic E-state index is 0.0997. The number of aromatic nitrogens is 2. The number of nitrogens with one attached hydrogen (secondary N) is 1. The second kappa shape index (κ2) is 10.2. The van der Waals surface area contributed by atoms with Crippen LogP contribution in [0.25, 0.3) is 0 Å². The Hall–Kier alpha value is -3.49. The van der Waals surface area contributed by atoms with E-state index in [-0.39, 0.29) is 23.9 Å². The molecule has 0 saturated heterocycles. The van der Waals surface area contributed by atoms with Gasteiger partial charge in [0.25, 0.3) is 5.91 Å². The van der Waals surface area contributed by atoms with Crippen LogP contribution in [0.3, 0.4) is 0 Å². The molecule has 7 nitrogen and oxygen atoms in total. The van der Waals surface area contributed by atoms with E-state index in [1.54, 1.807) is 10.7 Å². The van der Waals surface area contributed by atoms with E-state index in [0.717, 1.165) is 11.3 Å². The van der Waals surface area contributed by atoms with Gasteiger partial charge in [0.15, 0.2) is 0 Å². The van der Waals surface area contributed by atoms with E-state index in [4.69, 9.17) is 0 Å². The third-order valence-corrected chi connectivity index (χ3v) is 6.58. The van der Waals surface area contributed by atoms with Crippen molar-refractivity contribution >= 4 is 21.7 Å². The van der Waals surface area contributed by atoms with Crippen LogP contribution < -0.4 is 5.32 Å². The molecule has 3 aromatic rings. The molecule has 0 fully saturated rings. The van der Waals surface area contributed by atoms with Crippen LogP contribution in [0, 0.1) is 6.92 Å². The molecule has 0 spiro atoms. The minimum atomic E-state index is -3.72. The first kappa shape index (κ1) is 23.2. The summed E-state index contributed by atoms with van der Waals surface area (Å²) in [6.07, 6.45) is 3.03. The van der Waals surface area contributed by atoms with Crippen molar-refractivity contribution in [1.82, 2.24) is 14.1 Å². The smallest absolute Gasteiger partial charge is 0.256 e. The number of rotatable bonds is 10. The Morgan fingerprint density at radius 3 is 2.28 bits per heavy atom. The lowest BCUT2D eigenvalue weighted by molar-refractivity contribution is 0.102. The number of amides is 1. The monoisotopic (exact) mass is 450 g/mol. The van der Waals surface area contributed by atoms with Crippen molar-refractivity contribution in [3.63, 3.8) is 0 Å². The summed E-state index contributed by atoms with van der Waals surface area (Å²) in [5.41, 5.74) is 2.18. The lowest BCUT2D eigenvalue weighted by Gasteiger charge is -2.19. The average molecular weight is 451 g/mol. The number of hydrogen-bond acceptors (Lipinski definition) is 4.